The van der Waals surface area contributed by atoms with E-state index in [2.05, 4.69) is 56.1 Å². The smallest absolute Gasteiger partial charge is 0.122 e. The van der Waals surface area contributed by atoms with Gasteiger partial charge in [0.1, 0.15) is 11.5 Å². The molecule has 0 aliphatic carbocycles. The fourth-order valence-electron chi connectivity index (χ4n) is 3.79. The molecule has 4 heteroatoms. The Labute approximate surface area is 176 Å². The monoisotopic (exact) mass is 394 g/mol. The zero-order chi connectivity index (χ0) is 21.3. The maximum absolute atomic E-state index is 10.2. The van der Waals surface area contributed by atoms with E-state index in [9.17, 15) is 5.26 Å². The molecule has 2 aromatic rings. The summed E-state index contributed by atoms with van der Waals surface area (Å²) in [6.45, 7) is 6.21. The van der Waals surface area contributed by atoms with Gasteiger partial charge in [0.25, 0.3) is 0 Å². The second-order valence-corrected chi connectivity index (χ2v) is 7.98. The van der Waals surface area contributed by atoms with Gasteiger partial charge in [-0.3, -0.25) is 0 Å². The van der Waals surface area contributed by atoms with Crippen LogP contribution in [0.15, 0.2) is 48.5 Å². The lowest BCUT2D eigenvalue weighted by molar-refractivity contribution is 0.292. The molecule has 0 saturated carbocycles. The van der Waals surface area contributed by atoms with Gasteiger partial charge in [-0.2, -0.15) is 5.26 Å². The number of benzene rings is 2. The van der Waals surface area contributed by atoms with Crippen molar-refractivity contribution in [2.24, 2.45) is 5.92 Å². The lowest BCUT2D eigenvalue weighted by Crippen LogP contribution is -2.32. The van der Waals surface area contributed by atoms with Crippen molar-refractivity contribution in [3.8, 4) is 17.6 Å². The predicted octanol–water partition coefficient (Wildman–Crippen LogP) is 5.08. The second kappa shape index (κ2) is 10.9. The molecule has 0 N–H and O–H groups in total. The number of hydrogen-bond acceptors (Lipinski definition) is 4. The third-order valence-electron chi connectivity index (χ3n) is 5.79. The molecule has 0 radical (unpaired) electrons. The van der Waals surface area contributed by atoms with Crippen LogP contribution in [0.3, 0.4) is 0 Å². The number of rotatable bonds is 11. The van der Waals surface area contributed by atoms with E-state index in [4.69, 9.17) is 9.47 Å². The Morgan fingerprint density at radius 1 is 1.00 bits per heavy atom. The van der Waals surface area contributed by atoms with Gasteiger partial charge in [0.2, 0.25) is 0 Å². The normalized spacial score (nSPS) is 13.2. The SMILES string of the molecule is COc1cc(OC)cc(C(C#N)(CCCN(C)CCc2ccccc2)C(C)C)c1. The second-order valence-electron chi connectivity index (χ2n) is 7.98. The Morgan fingerprint density at radius 3 is 2.14 bits per heavy atom. The maximum Gasteiger partial charge on any atom is 0.122 e. The average Bonchev–Trinajstić information content (AvgIpc) is 2.75. The highest BCUT2D eigenvalue weighted by molar-refractivity contribution is 5.45. The Morgan fingerprint density at radius 2 is 1.62 bits per heavy atom. The van der Waals surface area contributed by atoms with E-state index < -0.39 is 5.41 Å². The molecule has 2 rings (SSSR count). The molecule has 0 aliphatic heterocycles. The maximum atomic E-state index is 10.2. The number of ether oxygens (including phenoxy) is 2. The van der Waals surface area contributed by atoms with Crippen LogP contribution >= 0.6 is 0 Å². The lowest BCUT2D eigenvalue weighted by Gasteiger charge is -2.32. The fraction of sp³-hybridized carbons (Fsp3) is 0.480. The summed E-state index contributed by atoms with van der Waals surface area (Å²) < 4.78 is 10.9. The average molecular weight is 395 g/mol. The van der Waals surface area contributed by atoms with Crippen LogP contribution in [0.5, 0.6) is 11.5 Å². The first kappa shape index (κ1) is 22.8. The van der Waals surface area contributed by atoms with Crippen LogP contribution in [0, 0.1) is 17.2 Å². The van der Waals surface area contributed by atoms with E-state index in [1.54, 1.807) is 14.2 Å². The molecule has 0 amide bonds. The van der Waals surface area contributed by atoms with Gasteiger partial charge < -0.3 is 14.4 Å². The first-order chi connectivity index (χ1) is 13.9. The van der Waals surface area contributed by atoms with Crippen molar-refractivity contribution in [3.05, 3.63) is 59.7 Å². The topological polar surface area (TPSA) is 45.5 Å². The summed E-state index contributed by atoms with van der Waals surface area (Å²) in [6, 6.07) is 19.0. The quantitative estimate of drug-likeness (QED) is 0.533. The third kappa shape index (κ3) is 5.98. The van der Waals surface area contributed by atoms with E-state index in [1.165, 1.54) is 5.56 Å². The van der Waals surface area contributed by atoms with Crippen molar-refractivity contribution < 1.29 is 9.47 Å². The number of nitriles is 1. The molecule has 0 aromatic heterocycles. The van der Waals surface area contributed by atoms with E-state index in [0.717, 1.165) is 49.4 Å². The van der Waals surface area contributed by atoms with Gasteiger partial charge in [-0.1, -0.05) is 44.2 Å². The van der Waals surface area contributed by atoms with Gasteiger partial charge in [-0.15, -0.1) is 0 Å². The van der Waals surface area contributed by atoms with Crippen molar-refractivity contribution in [3.63, 3.8) is 0 Å². The van der Waals surface area contributed by atoms with Crippen molar-refractivity contribution in [1.82, 2.24) is 4.90 Å². The summed E-state index contributed by atoms with van der Waals surface area (Å²) >= 11 is 0. The zero-order valence-electron chi connectivity index (χ0n) is 18.4. The fourth-order valence-corrected chi connectivity index (χ4v) is 3.79. The standard InChI is InChI=1S/C25H34N2O2/c1-20(2)25(19-26,22-16-23(28-4)18-24(17-22)29-5)13-9-14-27(3)15-12-21-10-7-6-8-11-21/h6-8,10-11,16-18,20H,9,12-15H2,1-5H3. The highest BCUT2D eigenvalue weighted by Gasteiger charge is 2.36. The third-order valence-corrected chi connectivity index (χ3v) is 5.79. The molecule has 0 saturated heterocycles. The van der Waals surface area contributed by atoms with Crippen LogP contribution in [-0.2, 0) is 11.8 Å². The molecule has 156 valence electrons. The first-order valence-electron chi connectivity index (χ1n) is 10.3. The molecule has 0 aliphatic rings. The zero-order valence-corrected chi connectivity index (χ0v) is 18.4. The van der Waals surface area contributed by atoms with E-state index in [-0.39, 0.29) is 5.92 Å². The van der Waals surface area contributed by atoms with Gasteiger partial charge in [0.05, 0.1) is 25.7 Å². The van der Waals surface area contributed by atoms with Crippen LogP contribution in [0.25, 0.3) is 0 Å². The Balaban J connectivity index is 2.06. The molecule has 2 aromatic carbocycles. The molecular formula is C25H34N2O2. The van der Waals surface area contributed by atoms with Crippen LogP contribution in [0.4, 0.5) is 0 Å². The molecule has 0 heterocycles. The van der Waals surface area contributed by atoms with Crippen LogP contribution in [-0.4, -0.2) is 39.3 Å². The van der Waals surface area contributed by atoms with Crippen LogP contribution in [0.2, 0.25) is 0 Å². The minimum Gasteiger partial charge on any atom is -0.497 e. The van der Waals surface area contributed by atoms with Gasteiger partial charge in [0, 0.05) is 12.6 Å². The molecule has 0 bridgehead atoms. The van der Waals surface area contributed by atoms with Crippen LogP contribution in [0.1, 0.15) is 37.8 Å². The molecule has 1 atom stereocenters. The van der Waals surface area contributed by atoms with Crippen molar-refractivity contribution in [2.45, 2.75) is 38.5 Å². The highest BCUT2D eigenvalue weighted by Crippen LogP contribution is 2.40. The van der Waals surface area contributed by atoms with Gasteiger partial charge in [-0.05, 0) is 62.0 Å². The first-order valence-corrected chi connectivity index (χ1v) is 10.3. The Hall–Kier alpha value is -2.51. The predicted molar refractivity (Wildman–Crippen MR) is 119 cm³/mol. The molecule has 29 heavy (non-hydrogen) atoms. The Kier molecular flexibility index (Phi) is 8.54. The minimum atomic E-state index is -0.567. The summed E-state index contributed by atoms with van der Waals surface area (Å²) in [5.74, 6) is 1.62. The van der Waals surface area contributed by atoms with Gasteiger partial charge in [-0.25, -0.2) is 0 Å². The molecular weight excluding hydrogens is 360 g/mol. The summed E-state index contributed by atoms with van der Waals surface area (Å²) in [4.78, 5) is 2.35. The van der Waals surface area contributed by atoms with E-state index in [1.807, 2.05) is 24.3 Å². The van der Waals surface area contributed by atoms with Crippen molar-refractivity contribution in [1.29, 1.82) is 5.26 Å². The lowest BCUT2D eigenvalue weighted by atomic mass is 9.69. The van der Waals surface area contributed by atoms with Crippen molar-refractivity contribution >= 4 is 0 Å². The largest absolute Gasteiger partial charge is 0.497 e. The van der Waals surface area contributed by atoms with Crippen LogP contribution < -0.4 is 9.47 Å². The summed E-state index contributed by atoms with van der Waals surface area (Å²) in [5, 5.41) is 10.2. The summed E-state index contributed by atoms with van der Waals surface area (Å²) in [6.07, 6.45) is 2.79. The highest BCUT2D eigenvalue weighted by atomic mass is 16.5. The molecule has 4 nitrogen and oxygen atoms in total. The Bertz CT molecular complexity index is 776. The molecule has 0 spiro atoms. The minimum absolute atomic E-state index is 0.180. The van der Waals surface area contributed by atoms with E-state index in [0.29, 0.717) is 0 Å². The van der Waals surface area contributed by atoms with E-state index >= 15 is 0 Å². The van der Waals surface area contributed by atoms with Gasteiger partial charge >= 0.3 is 0 Å². The number of likely N-dealkylation sites (N-methyl/N-ethyl adjacent to an activating group) is 1. The summed E-state index contributed by atoms with van der Waals surface area (Å²) in [5.41, 5.74) is 1.76. The molecule has 1 unspecified atom stereocenters. The number of methoxy groups -OCH3 is 2. The summed E-state index contributed by atoms with van der Waals surface area (Å²) in [7, 11) is 5.44. The van der Waals surface area contributed by atoms with Crippen molar-refractivity contribution in [2.75, 3.05) is 34.4 Å². The number of hydrogen-bond donors (Lipinski definition) is 0. The van der Waals surface area contributed by atoms with Gasteiger partial charge in [0.15, 0.2) is 0 Å². The number of nitrogens with zero attached hydrogens (tertiary/aromatic N) is 2. The molecule has 0 fully saturated rings.